The summed E-state index contributed by atoms with van der Waals surface area (Å²) in [6.45, 7) is 1.29. The second kappa shape index (κ2) is 6.45. The number of benzene rings is 1. The summed E-state index contributed by atoms with van der Waals surface area (Å²) in [5.41, 5.74) is 0.842. The van der Waals surface area contributed by atoms with Crippen LogP contribution in [0.1, 0.15) is 24.4 Å². The molecule has 0 aliphatic carbocycles. The number of aromatic nitrogens is 4. The summed E-state index contributed by atoms with van der Waals surface area (Å²) in [7, 11) is 0. The zero-order valence-corrected chi connectivity index (χ0v) is 11.6. The van der Waals surface area contributed by atoms with Crippen LogP contribution in [0.25, 0.3) is 0 Å². The molecule has 1 aromatic heterocycles. The van der Waals surface area contributed by atoms with E-state index in [1.54, 1.807) is 0 Å². The van der Waals surface area contributed by atoms with Gasteiger partial charge in [0.15, 0.2) is 6.04 Å². The first-order valence-corrected chi connectivity index (χ1v) is 7.01. The molecule has 3 rings (SSSR count). The molecule has 21 heavy (non-hydrogen) atoms. The summed E-state index contributed by atoms with van der Waals surface area (Å²) in [6.07, 6.45) is 3.60. The summed E-state index contributed by atoms with van der Waals surface area (Å²) >= 11 is 0. The summed E-state index contributed by atoms with van der Waals surface area (Å²) in [5, 5.41) is 14.0. The van der Waals surface area contributed by atoms with E-state index in [4.69, 9.17) is 4.74 Å². The van der Waals surface area contributed by atoms with Crippen LogP contribution in [0.5, 0.6) is 0 Å². The Morgan fingerprint density at radius 1 is 1.43 bits per heavy atom. The average molecular weight is 287 g/mol. The number of tetrazole rings is 1. The van der Waals surface area contributed by atoms with Crippen molar-refractivity contribution < 1.29 is 9.53 Å². The summed E-state index contributed by atoms with van der Waals surface area (Å²) in [6, 6.07) is 8.89. The first-order chi connectivity index (χ1) is 10.3. The fraction of sp³-hybridized carbons (Fsp3) is 0.429. The number of nitrogens with one attached hydrogen (secondary N) is 1. The molecule has 0 spiro atoms. The van der Waals surface area contributed by atoms with Gasteiger partial charge in [-0.15, -0.1) is 5.10 Å². The lowest BCUT2D eigenvalue weighted by Gasteiger charge is -2.18. The molecule has 1 fully saturated rings. The number of carbonyl (C=O) groups excluding carboxylic acids is 1. The molecule has 2 heterocycles. The molecule has 1 saturated heterocycles. The highest BCUT2D eigenvalue weighted by atomic mass is 16.5. The molecule has 7 heteroatoms. The van der Waals surface area contributed by atoms with E-state index < -0.39 is 6.04 Å². The number of amides is 1. The fourth-order valence-electron chi connectivity index (χ4n) is 2.46. The molecule has 0 unspecified atom stereocenters. The van der Waals surface area contributed by atoms with E-state index in [0.717, 1.165) is 25.0 Å². The molecule has 0 radical (unpaired) electrons. The maximum absolute atomic E-state index is 12.5. The van der Waals surface area contributed by atoms with Gasteiger partial charge in [0, 0.05) is 13.2 Å². The Hall–Kier alpha value is -2.28. The highest BCUT2D eigenvalue weighted by Gasteiger charge is 2.25. The van der Waals surface area contributed by atoms with Gasteiger partial charge in [-0.05, 0) is 28.8 Å². The lowest BCUT2D eigenvalue weighted by atomic mass is 10.1. The Labute approximate surface area is 122 Å². The summed E-state index contributed by atoms with van der Waals surface area (Å²) < 4.78 is 6.98. The van der Waals surface area contributed by atoms with Gasteiger partial charge in [0.2, 0.25) is 5.91 Å². The predicted octanol–water partition coefficient (Wildman–Crippen LogP) is 0.558. The molecule has 0 bridgehead atoms. The Kier molecular flexibility index (Phi) is 4.20. The van der Waals surface area contributed by atoms with Crippen LogP contribution < -0.4 is 5.32 Å². The van der Waals surface area contributed by atoms with Crippen molar-refractivity contribution in [2.45, 2.75) is 25.0 Å². The third kappa shape index (κ3) is 3.25. The zero-order chi connectivity index (χ0) is 14.5. The smallest absolute Gasteiger partial charge is 0.249 e. The van der Waals surface area contributed by atoms with Crippen LogP contribution in [-0.2, 0) is 9.53 Å². The van der Waals surface area contributed by atoms with Crippen molar-refractivity contribution in [2.75, 3.05) is 13.2 Å². The van der Waals surface area contributed by atoms with Gasteiger partial charge in [-0.1, -0.05) is 30.3 Å². The molecule has 1 aliphatic rings. The monoisotopic (exact) mass is 287 g/mol. The van der Waals surface area contributed by atoms with Crippen LogP contribution in [0.4, 0.5) is 0 Å². The van der Waals surface area contributed by atoms with Crippen LogP contribution >= 0.6 is 0 Å². The average Bonchev–Trinajstić information content (AvgIpc) is 3.20. The first-order valence-electron chi connectivity index (χ1n) is 7.01. The van der Waals surface area contributed by atoms with E-state index in [-0.39, 0.29) is 12.0 Å². The van der Waals surface area contributed by atoms with Crippen molar-refractivity contribution >= 4 is 5.91 Å². The molecular formula is C14H17N5O2. The number of hydrogen-bond donors (Lipinski definition) is 1. The SMILES string of the molecule is O=C(NC[C@H]1CCCO1)[C@H](c1ccccc1)n1cnnn1. The molecule has 2 atom stereocenters. The number of hydrogen-bond acceptors (Lipinski definition) is 5. The quantitative estimate of drug-likeness (QED) is 0.869. The van der Waals surface area contributed by atoms with Gasteiger partial charge in [-0.3, -0.25) is 4.79 Å². The Morgan fingerprint density at radius 3 is 2.95 bits per heavy atom. The molecule has 1 aliphatic heterocycles. The fourth-order valence-corrected chi connectivity index (χ4v) is 2.46. The minimum absolute atomic E-state index is 0.110. The molecule has 1 amide bonds. The van der Waals surface area contributed by atoms with Crippen molar-refractivity contribution in [3.8, 4) is 0 Å². The standard InChI is InChI=1S/C14H17N5O2/c20-14(15-9-12-7-4-8-21-12)13(19-10-16-17-18-19)11-5-2-1-3-6-11/h1-3,5-6,10,12-13H,4,7-9H2,(H,15,20)/t12-,13+/m1/s1. The lowest BCUT2D eigenvalue weighted by molar-refractivity contribution is -0.124. The first kappa shape index (κ1) is 13.7. The van der Waals surface area contributed by atoms with Gasteiger partial charge in [-0.25, -0.2) is 4.68 Å². The zero-order valence-electron chi connectivity index (χ0n) is 11.6. The third-order valence-electron chi connectivity index (χ3n) is 3.52. The van der Waals surface area contributed by atoms with Gasteiger partial charge >= 0.3 is 0 Å². The van der Waals surface area contributed by atoms with E-state index in [2.05, 4.69) is 20.8 Å². The van der Waals surface area contributed by atoms with Crippen molar-refractivity contribution in [3.63, 3.8) is 0 Å². The van der Waals surface area contributed by atoms with E-state index >= 15 is 0 Å². The number of ether oxygens (including phenoxy) is 1. The highest BCUT2D eigenvalue weighted by molar-refractivity contribution is 5.83. The molecular weight excluding hydrogens is 270 g/mol. The normalized spacial score (nSPS) is 19.3. The maximum Gasteiger partial charge on any atom is 0.249 e. The van der Waals surface area contributed by atoms with Crippen LogP contribution in [0.2, 0.25) is 0 Å². The van der Waals surface area contributed by atoms with Crippen molar-refractivity contribution in [1.29, 1.82) is 0 Å². The van der Waals surface area contributed by atoms with E-state index in [1.807, 2.05) is 30.3 Å². The number of carbonyl (C=O) groups is 1. The Morgan fingerprint density at radius 2 is 2.29 bits per heavy atom. The molecule has 1 aromatic carbocycles. The van der Waals surface area contributed by atoms with Gasteiger partial charge in [-0.2, -0.15) is 0 Å². The third-order valence-corrected chi connectivity index (χ3v) is 3.52. The second-order valence-corrected chi connectivity index (χ2v) is 4.98. The predicted molar refractivity (Wildman–Crippen MR) is 74.4 cm³/mol. The second-order valence-electron chi connectivity index (χ2n) is 4.98. The van der Waals surface area contributed by atoms with Gasteiger partial charge in [0.25, 0.3) is 0 Å². The Balaban J connectivity index is 1.74. The molecule has 0 saturated carbocycles. The van der Waals surface area contributed by atoms with Crippen molar-refractivity contribution in [3.05, 3.63) is 42.2 Å². The van der Waals surface area contributed by atoms with Gasteiger partial charge in [0.1, 0.15) is 6.33 Å². The largest absolute Gasteiger partial charge is 0.376 e. The molecule has 1 N–H and O–H groups in total. The molecule has 2 aromatic rings. The number of nitrogens with zero attached hydrogens (tertiary/aromatic N) is 4. The van der Waals surface area contributed by atoms with Crippen LogP contribution in [-0.4, -0.2) is 45.4 Å². The maximum atomic E-state index is 12.5. The molecule has 110 valence electrons. The molecule has 7 nitrogen and oxygen atoms in total. The van der Waals surface area contributed by atoms with Crippen LogP contribution in [0.3, 0.4) is 0 Å². The lowest BCUT2D eigenvalue weighted by Crippen LogP contribution is -2.38. The van der Waals surface area contributed by atoms with E-state index in [1.165, 1.54) is 11.0 Å². The van der Waals surface area contributed by atoms with Gasteiger partial charge in [0.05, 0.1) is 6.10 Å². The van der Waals surface area contributed by atoms with Crippen LogP contribution in [0, 0.1) is 0 Å². The number of rotatable bonds is 5. The topological polar surface area (TPSA) is 81.9 Å². The van der Waals surface area contributed by atoms with Crippen molar-refractivity contribution in [1.82, 2.24) is 25.5 Å². The van der Waals surface area contributed by atoms with E-state index in [9.17, 15) is 4.79 Å². The van der Waals surface area contributed by atoms with Crippen LogP contribution in [0.15, 0.2) is 36.7 Å². The van der Waals surface area contributed by atoms with E-state index in [0.29, 0.717) is 6.54 Å². The summed E-state index contributed by atoms with van der Waals surface area (Å²) in [4.78, 5) is 12.5. The van der Waals surface area contributed by atoms with Gasteiger partial charge < -0.3 is 10.1 Å². The summed E-state index contributed by atoms with van der Waals surface area (Å²) in [5.74, 6) is -0.135. The van der Waals surface area contributed by atoms with Crippen molar-refractivity contribution in [2.24, 2.45) is 0 Å². The minimum atomic E-state index is -0.567. The Bertz CT molecular complexity index is 566. The highest BCUT2D eigenvalue weighted by Crippen LogP contribution is 2.17. The minimum Gasteiger partial charge on any atom is -0.376 e.